The summed E-state index contributed by atoms with van der Waals surface area (Å²) in [4.78, 5) is 27.8. The van der Waals surface area contributed by atoms with Crippen LogP contribution in [-0.2, 0) is 15.9 Å². The minimum Gasteiger partial charge on any atom is -0.493 e. The van der Waals surface area contributed by atoms with Crippen LogP contribution in [0.3, 0.4) is 0 Å². The van der Waals surface area contributed by atoms with Crippen molar-refractivity contribution >= 4 is 34.0 Å². The average molecular weight is 560 g/mol. The number of carbonyl (C=O) groups is 1. The maximum absolute atomic E-state index is 13.8. The number of nitrogens with zero attached hydrogens (tertiary/aromatic N) is 4. The molecule has 216 valence electrons. The van der Waals surface area contributed by atoms with E-state index >= 15 is 0 Å². The van der Waals surface area contributed by atoms with Crippen LogP contribution in [-0.4, -0.2) is 93.6 Å². The number of hydrogen-bond acceptors (Lipinski definition) is 9. The Morgan fingerprint density at radius 2 is 1.73 bits per heavy atom. The van der Waals surface area contributed by atoms with E-state index in [1.165, 1.54) is 22.3 Å². The fourth-order valence-corrected chi connectivity index (χ4v) is 5.58. The second-order valence-electron chi connectivity index (χ2n) is 10.7. The van der Waals surface area contributed by atoms with E-state index in [9.17, 15) is 4.79 Å². The summed E-state index contributed by atoms with van der Waals surface area (Å²) in [6.07, 6.45) is 0.949. The van der Waals surface area contributed by atoms with Crippen molar-refractivity contribution in [2.75, 3.05) is 83.1 Å². The number of hydrogen-bond donors (Lipinski definition) is 1. The van der Waals surface area contributed by atoms with Crippen molar-refractivity contribution in [1.29, 1.82) is 0 Å². The minimum atomic E-state index is -0.298. The molecule has 3 heterocycles. The smallest absolute Gasteiger partial charge is 0.275 e. The number of methoxy groups -OCH3 is 1. The molecule has 3 aromatic rings. The van der Waals surface area contributed by atoms with E-state index in [-0.39, 0.29) is 5.91 Å². The molecule has 10 nitrogen and oxygen atoms in total. The lowest BCUT2D eigenvalue weighted by atomic mass is 10.1. The molecule has 2 aliphatic heterocycles. The van der Waals surface area contributed by atoms with Crippen LogP contribution >= 0.6 is 0 Å². The zero-order chi connectivity index (χ0) is 28.3. The third-order valence-electron chi connectivity index (χ3n) is 8.11. The second-order valence-corrected chi connectivity index (χ2v) is 10.7. The highest BCUT2D eigenvalue weighted by molar-refractivity contribution is 6.11. The number of morpholine rings is 2. The minimum absolute atomic E-state index is 0.293. The molecule has 0 bridgehead atoms. The van der Waals surface area contributed by atoms with Crippen LogP contribution in [0.5, 0.6) is 11.5 Å². The summed E-state index contributed by atoms with van der Waals surface area (Å²) < 4.78 is 22.8. The summed E-state index contributed by atoms with van der Waals surface area (Å²) in [7, 11) is 1.61. The quantitative estimate of drug-likeness (QED) is 0.442. The number of anilines is 2. The van der Waals surface area contributed by atoms with Crippen molar-refractivity contribution in [3.8, 4) is 11.5 Å². The summed E-state index contributed by atoms with van der Waals surface area (Å²) in [5, 5.41) is 3.70. The SMILES string of the molecule is COc1cc2nc(N3CCOCC3)nc(C(=O)Nc3ccc4c(c3)C(C)=C(C)C4)c2cc1OCCN1CCOCC1. The van der Waals surface area contributed by atoms with E-state index in [2.05, 4.69) is 36.2 Å². The summed E-state index contributed by atoms with van der Waals surface area (Å²) in [6.45, 7) is 11.3. The van der Waals surface area contributed by atoms with Gasteiger partial charge in [-0.05, 0) is 55.2 Å². The molecule has 0 unspecified atom stereocenters. The van der Waals surface area contributed by atoms with Gasteiger partial charge in [0.2, 0.25) is 5.95 Å². The number of ether oxygens (including phenoxy) is 4. The number of benzene rings is 2. The van der Waals surface area contributed by atoms with E-state index in [4.69, 9.17) is 28.9 Å². The summed E-state index contributed by atoms with van der Waals surface area (Å²) >= 11 is 0. The molecule has 1 aliphatic carbocycles. The largest absolute Gasteiger partial charge is 0.493 e. The monoisotopic (exact) mass is 559 g/mol. The number of carbonyl (C=O) groups excluding carboxylic acids is 1. The van der Waals surface area contributed by atoms with Gasteiger partial charge in [-0.1, -0.05) is 11.6 Å². The van der Waals surface area contributed by atoms with Gasteiger partial charge < -0.3 is 29.2 Å². The van der Waals surface area contributed by atoms with Crippen LogP contribution < -0.4 is 19.7 Å². The molecule has 0 spiro atoms. The zero-order valence-corrected chi connectivity index (χ0v) is 24.0. The van der Waals surface area contributed by atoms with Crippen molar-refractivity contribution in [3.63, 3.8) is 0 Å². The van der Waals surface area contributed by atoms with Gasteiger partial charge in [0.25, 0.3) is 5.91 Å². The van der Waals surface area contributed by atoms with Gasteiger partial charge in [-0.2, -0.15) is 0 Å². The first kappa shape index (κ1) is 27.4. The average Bonchev–Trinajstić information content (AvgIpc) is 3.29. The Morgan fingerprint density at radius 3 is 2.49 bits per heavy atom. The molecule has 1 N–H and O–H groups in total. The van der Waals surface area contributed by atoms with Crippen molar-refractivity contribution in [3.05, 3.63) is 52.7 Å². The van der Waals surface area contributed by atoms with Gasteiger partial charge in [0.1, 0.15) is 12.3 Å². The van der Waals surface area contributed by atoms with Gasteiger partial charge in [0.05, 0.1) is 39.1 Å². The van der Waals surface area contributed by atoms with Crippen LogP contribution in [0, 0.1) is 0 Å². The number of allylic oxidation sites excluding steroid dienone is 2. The van der Waals surface area contributed by atoms with Crippen molar-refractivity contribution in [2.45, 2.75) is 20.3 Å². The van der Waals surface area contributed by atoms with Gasteiger partial charge in [-0.3, -0.25) is 9.69 Å². The molecule has 2 aromatic carbocycles. The third-order valence-corrected chi connectivity index (χ3v) is 8.11. The van der Waals surface area contributed by atoms with E-state index in [1.54, 1.807) is 7.11 Å². The number of aromatic nitrogens is 2. The molecule has 1 aromatic heterocycles. The lowest BCUT2D eigenvalue weighted by Gasteiger charge is -2.27. The van der Waals surface area contributed by atoms with Crippen molar-refractivity contribution in [1.82, 2.24) is 14.9 Å². The van der Waals surface area contributed by atoms with Crippen LogP contribution in [0.15, 0.2) is 35.9 Å². The maximum atomic E-state index is 13.8. The van der Waals surface area contributed by atoms with E-state index in [0.29, 0.717) is 67.0 Å². The van der Waals surface area contributed by atoms with Crippen LogP contribution in [0.4, 0.5) is 11.6 Å². The predicted octanol–water partition coefficient (Wildman–Crippen LogP) is 3.79. The molecule has 0 atom stereocenters. The van der Waals surface area contributed by atoms with Crippen molar-refractivity contribution < 1.29 is 23.7 Å². The molecule has 2 saturated heterocycles. The van der Waals surface area contributed by atoms with Crippen molar-refractivity contribution in [2.24, 2.45) is 0 Å². The lowest BCUT2D eigenvalue weighted by Crippen LogP contribution is -2.38. The predicted molar refractivity (Wildman–Crippen MR) is 158 cm³/mol. The number of fused-ring (bicyclic) bond motifs is 2. The normalized spacial score (nSPS) is 17.6. The maximum Gasteiger partial charge on any atom is 0.275 e. The Kier molecular flexibility index (Phi) is 8.04. The summed E-state index contributed by atoms with van der Waals surface area (Å²) in [5.74, 6) is 1.32. The standard InChI is InChI=1S/C31H37N5O5/c1-20-16-22-4-5-23(17-24(22)21(20)2)32-30(37)29-25-18-28(41-15-8-35-6-11-39-12-7-35)27(38-3)19-26(25)33-31(34-29)36-9-13-40-14-10-36/h4-5,17-19H,6-16H2,1-3H3,(H,32,37). The second kappa shape index (κ2) is 12.0. The zero-order valence-electron chi connectivity index (χ0n) is 24.0. The highest BCUT2D eigenvalue weighted by Crippen LogP contribution is 2.36. The van der Waals surface area contributed by atoms with Gasteiger partial charge >= 0.3 is 0 Å². The Morgan fingerprint density at radius 1 is 0.976 bits per heavy atom. The van der Waals surface area contributed by atoms with Gasteiger partial charge in [-0.25, -0.2) is 9.97 Å². The van der Waals surface area contributed by atoms with E-state index in [0.717, 1.165) is 45.0 Å². The first-order valence-electron chi connectivity index (χ1n) is 14.3. The highest BCUT2D eigenvalue weighted by atomic mass is 16.5. The molecule has 3 aliphatic rings. The molecule has 10 heteroatoms. The topological polar surface area (TPSA) is 98.3 Å². The third kappa shape index (κ3) is 5.86. The molecule has 0 radical (unpaired) electrons. The van der Waals surface area contributed by atoms with E-state index < -0.39 is 0 Å². The summed E-state index contributed by atoms with van der Waals surface area (Å²) in [6, 6.07) is 9.75. The van der Waals surface area contributed by atoms with Crippen LogP contribution in [0.2, 0.25) is 0 Å². The lowest BCUT2D eigenvalue weighted by molar-refractivity contribution is 0.0321. The molecule has 1 amide bonds. The Balaban J connectivity index is 1.33. The number of rotatable bonds is 8. The van der Waals surface area contributed by atoms with Crippen LogP contribution in [0.25, 0.3) is 16.5 Å². The number of nitrogens with one attached hydrogen (secondary N) is 1. The Hall–Kier alpha value is -3.73. The van der Waals surface area contributed by atoms with Gasteiger partial charge in [0.15, 0.2) is 11.5 Å². The van der Waals surface area contributed by atoms with Gasteiger partial charge in [-0.15, -0.1) is 0 Å². The molecule has 2 fully saturated rings. The van der Waals surface area contributed by atoms with Gasteiger partial charge in [0, 0.05) is 49.9 Å². The molecular weight excluding hydrogens is 522 g/mol. The fourth-order valence-electron chi connectivity index (χ4n) is 5.58. The Bertz CT molecular complexity index is 1480. The molecular formula is C31H37N5O5. The van der Waals surface area contributed by atoms with E-state index in [1.807, 2.05) is 23.1 Å². The van der Waals surface area contributed by atoms with Crippen LogP contribution in [0.1, 0.15) is 35.5 Å². The number of amides is 1. The first-order chi connectivity index (χ1) is 20.0. The molecule has 0 saturated carbocycles. The molecule has 41 heavy (non-hydrogen) atoms. The molecule has 6 rings (SSSR count). The first-order valence-corrected chi connectivity index (χ1v) is 14.3. The Labute approximate surface area is 240 Å². The summed E-state index contributed by atoms with van der Waals surface area (Å²) in [5.41, 5.74) is 6.74. The fraction of sp³-hybridized carbons (Fsp3) is 0.452. The highest BCUT2D eigenvalue weighted by Gasteiger charge is 2.23.